The first-order chi connectivity index (χ1) is 11.8. The van der Waals surface area contributed by atoms with Gasteiger partial charge < -0.3 is 5.32 Å². The van der Waals surface area contributed by atoms with Gasteiger partial charge in [0.25, 0.3) is 0 Å². The molecular formula is C20H20N3S+. The topological polar surface area (TPSA) is 19.7 Å². The highest BCUT2D eigenvalue weighted by molar-refractivity contribution is 7.80. The van der Waals surface area contributed by atoms with Crippen LogP contribution in [0, 0.1) is 0 Å². The largest absolute Gasteiger partial charge is 0.315 e. The Morgan fingerprint density at radius 1 is 0.917 bits per heavy atom. The number of hydrogen-bond donors (Lipinski definition) is 2. The third kappa shape index (κ3) is 2.98. The molecular weight excluding hydrogens is 314 g/mol. The summed E-state index contributed by atoms with van der Waals surface area (Å²) in [5, 5.41) is 6.68. The average molecular weight is 334 g/mol. The minimum Gasteiger partial charge on any atom is -0.315 e. The summed E-state index contributed by atoms with van der Waals surface area (Å²) in [5.74, 6) is 0. The first kappa shape index (κ1) is 15.1. The van der Waals surface area contributed by atoms with Crippen molar-refractivity contribution in [2.45, 2.75) is 6.54 Å². The van der Waals surface area contributed by atoms with E-state index >= 15 is 0 Å². The SMILES string of the molecule is S=C1NC[NH+](Cc2ccccc2)CN1c1cccc2ccccc12. The van der Waals surface area contributed by atoms with E-state index in [0.717, 1.165) is 25.0 Å². The number of rotatable bonds is 3. The highest BCUT2D eigenvalue weighted by Gasteiger charge is 2.25. The van der Waals surface area contributed by atoms with Crippen molar-refractivity contribution in [1.29, 1.82) is 0 Å². The number of thiocarbonyl (C=S) groups is 1. The number of nitrogens with zero attached hydrogens (tertiary/aromatic N) is 1. The second-order valence-corrected chi connectivity index (χ2v) is 6.54. The van der Waals surface area contributed by atoms with Crippen molar-refractivity contribution in [3.05, 3.63) is 78.4 Å². The lowest BCUT2D eigenvalue weighted by Gasteiger charge is -2.35. The van der Waals surface area contributed by atoms with Gasteiger partial charge in [-0.3, -0.25) is 9.80 Å². The zero-order valence-corrected chi connectivity index (χ0v) is 14.2. The molecule has 0 spiro atoms. The molecule has 1 saturated heterocycles. The second kappa shape index (κ2) is 6.59. The molecule has 1 atom stereocenters. The smallest absolute Gasteiger partial charge is 0.182 e. The maximum Gasteiger partial charge on any atom is 0.182 e. The fraction of sp³-hybridized carbons (Fsp3) is 0.150. The molecule has 0 bridgehead atoms. The van der Waals surface area contributed by atoms with Gasteiger partial charge in [0.2, 0.25) is 0 Å². The number of anilines is 1. The van der Waals surface area contributed by atoms with E-state index in [1.54, 1.807) is 0 Å². The van der Waals surface area contributed by atoms with E-state index in [2.05, 4.69) is 83.0 Å². The van der Waals surface area contributed by atoms with Crippen molar-refractivity contribution < 1.29 is 4.90 Å². The summed E-state index contributed by atoms with van der Waals surface area (Å²) in [6, 6.07) is 25.5. The molecule has 0 amide bonds. The number of nitrogens with one attached hydrogen (secondary N) is 2. The van der Waals surface area contributed by atoms with Gasteiger partial charge in [-0.2, -0.15) is 0 Å². The zero-order valence-electron chi connectivity index (χ0n) is 13.4. The highest BCUT2D eigenvalue weighted by Crippen LogP contribution is 2.26. The number of fused-ring (bicyclic) bond motifs is 1. The molecule has 2 N–H and O–H groups in total. The third-order valence-electron chi connectivity index (χ3n) is 4.47. The quantitative estimate of drug-likeness (QED) is 0.718. The van der Waals surface area contributed by atoms with Gasteiger partial charge >= 0.3 is 0 Å². The third-order valence-corrected chi connectivity index (χ3v) is 4.84. The van der Waals surface area contributed by atoms with Crippen LogP contribution in [0.3, 0.4) is 0 Å². The molecule has 1 heterocycles. The van der Waals surface area contributed by atoms with Crippen LogP contribution in [-0.4, -0.2) is 18.4 Å². The van der Waals surface area contributed by atoms with E-state index in [1.165, 1.54) is 26.9 Å². The summed E-state index contributed by atoms with van der Waals surface area (Å²) in [4.78, 5) is 3.67. The van der Waals surface area contributed by atoms with E-state index in [4.69, 9.17) is 12.2 Å². The van der Waals surface area contributed by atoms with E-state index in [1.807, 2.05) is 0 Å². The molecule has 0 aliphatic carbocycles. The molecule has 120 valence electrons. The maximum atomic E-state index is 5.59. The maximum absolute atomic E-state index is 5.59. The molecule has 0 radical (unpaired) electrons. The Labute approximate surface area is 147 Å². The molecule has 1 unspecified atom stereocenters. The van der Waals surface area contributed by atoms with Gasteiger partial charge in [0.1, 0.15) is 6.54 Å². The van der Waals surface area contributed by atoms with Crippen LogP contribution in [-0.2, 0) is 6.54 Å². The Balaban J connectivity index is 1.62. The highest BCUT2D eigenvalue weighted by atomic mass is 32.1. The van der Waals surface area contributed by atoms with Gasteiger partial charge in [0.05, 0.1) is 5.69 Å². The summed E-state index contributed by atoms with van der Waals surface area (Å²) < 4.78 is 0. The minimum atomic E-state index is 0.808. The molecule has 3 aromatic rings. The molecule has 3 nitrogen and oxygen atoms in total. The fourth-order valence-corrected chi connectivity index (χ4v) is 3.52. The van der Waals surface area contributed by atoms with Gasteiger partial charge in [0.15, 0.2) is 18.4 Å². The van der Waals surface area contributed by atoms with E-state index in [9.17, 15) is 0 Å². The van der Waals surface area contributed by atoms with E-state index < -0.39 is 0 Å². The number of benzene rings is 3. The fourth-order valence-electron chi connectivity index (χ4n) is 3.29. The van der Waals surface area contributed by atoms with Gasteiger partial charge in [-0.15, -0.1) is 0 Å². The Morgan fingerprint density at radius 3 is 2.54 bits per heavy atom. The van der Waals surface area contributed by atoms with Gasteiger partial charge in [-0.1, -0.05) is 66.7 Å². The summed E-state index contributed by atoms with van der Waals surface area (Å²) in [6.45, 7) is 2.71. The second-order valence-electron chi connectivity index (χ2n) is 6.16. The predicted molar refractivity (Wildman–Crippen MR) is 103 cm³/mol. The van der Waals surface area contributed by atoms with E-state index in [-0.39, 0.29) is 0 Å². The Morgan fingerprint density at radius 2 is 1.67 bits per heavy atom. The lowest BCUT2D eigenvalue weighted by atomic mass is 10.1. The standard InChI is InChI=1S/C20H19N3S/c24-20-21-14-22(13-16-7-2-1-3-8-16)15-23(20)19-12-6-10-17-9-4-5-11-18(17)19/h1-12H,13-15H2,(H,21,24)/p+1. The number of hydrogen-bond acceptors (Lipinski definition) is 1. The van der Waals surface area contributed by atoms with Crippen molar-refractivity contribution in [2.75, 3.05) is 18.2 Å². The van der Waals surface area contributed by atoms with Crippen molar-refractivity contribution in [1.82, 2.24) is 5.32 Å². The van der Waals surface area contributed by atoms with Crippen LogP contribution >= 0.6 is 12.2 Å². The van der Waals surface area contributed by atoms with Crippen molar-refractivity contribution in [3.63, 3.8) is 0 Å². The molecule has 1 aliphatic heterocycles. The first-order valence-electron chi connectivity index (χ1n) is 8.22. The Bertz CT molecular complexity index is 858. The summed E-state index contributed by atoms with van der Waals surface area (Å²) in [7, 11) is 0. The van der Waals surface area contributed by atoms with Crippen LogP contribution < -0.4 is 15.1 Å². The first-order valence-corrected chi connectivity index (χ1v) is 8.63. The van der Waals surface area contributed by atoms with Crippen LogP contribution in [0.15, 0.2) is 72.8 Å². The normalized spacial score (nSPS) is 17.8. The molecule has 0 aromatic heterocycles. The van der Waals surface area contributed by atoms with Gasteiger partial charge in [0, 0.05) is 10.9 Å². The Kier molecular flexibility index (Phi) is 4.15. The van der Waals surface area contributed by atoms with Gasteiger partial charge in [-0.25, -0.2) is 0 Å². The average Bonchev–Trinajstić information content (AvgIpc) is 2.64. The number of quaternary nitrogens is 1. The molecule has 3 aromatic carbocycles. The monoisotopic (exact) mass is 334 g/mol. The van der Waals surface area contributed by atoms with Crippen molar-refractivity contribution >= 4 is 33.8 Å². The van der Waals surface area contributed by atoms with Gasteiger partial charge in [-0.05, 0) is 23.7 Å². The zero-order chi connectivity index (χ0) is 16.4. The summed E-state index contributed by atoms with van der Waals surface area (Å²) in [6.07, 6.45) is 0. The summed E-state index contributed by atoms with van der Waals surface area (Å²) >= 11 is 5.59. The predicted octanol–water partition coefficient (Wildman–Crippen LogP) is 2.53. The molecule has 4 heteroatoms. The Hall–Kier alpha value is -2.43. The molecule has 1 aliphatic rings. The molecule has 4 rings (SSSR count). The lowest BCUT2D eigenvalue weighted by molar-refractivity contribution is -0.916. The summed E-state index contributed by atoms with van der Waals surface area (Å²) in [5.41, 5.74) is 2.52. The van der Waals surface area contributed by atoms with Crippen LogP contribution in [0.2, 0.25) is 0 Å². The van der Waals surface area contributed by atoms with Crippen LogP contribution in [0.5, 0.6) is 0 Å². The molecule has 0 saturated carbocycles. The van der Waals surface area contributed by atoms with Crippen molar-refractivity contribution in [2.24, 2.45) is 0 Å². The van der Waals surface area contributed by atoms with Crippen molar-refractivity contribution in [3.8, 4) is 0 Å². The van der Waals surface area contributed by atoms with Crippen LogP contribution in [0.4, 0.5) is 5.69 Å². The van der Waals surface area contributed by atoms with E-state index in [0.29, 0.717) is 0 Å². The van der Waals surface area contributed by atoms with Crippen LogP contribution in [0.1, 0.15) is 5.56 Å². The minimum absolute atomic E-state index is 0.808. The molecule has 1 fully saturated rings. The lowest BCUT2D eigenvalue weighted by Crippen LogP contribution is -3.16. The van der Waals surface area contributed by atoms with Crippen LogP contribution in [0.25, 0.3) is 10.8 Å². The molecule has 24 heavy (non-hydrogen) atoms.